The van der Waals surface area contributed by atoms with Gasteiger partial charge in [-0.1, -0.05) is 0 Å². The van der Waals surface area contributed by atoms with Crippen LogP contribution in [0, 0.1) is 0 Å². The van der Waals surface area contributed by atoms with Gasteiger partial charge in [0.25, 0.3) is 0 Å². The van der Waals surface area contributed by atoms with E-state index in [-0.39, 0.29) is 26.1 Å². The molecule has 6 heteroatoms. The van der Waals surface area contributed by atoms with Crippen LogP contribution in [-0.2, 0) is 19.2 Å². The molecular formula is C6H10O6. The first-order chi connectivity index (χ1) is 5.70. The average Bonchev–Trinajstić information content (AvgIpc) is 2.10. The smallest absolute Gasteiger partial charge is 0.342 e. The number of rotatable bonds is 5. The summed E-state index contributed by atoms with van der Waals surface area (Å²) in [6.45, 7) is -0.344. The molecule has 0 atom stereocenters. The number of esters is 1. The van der Waals surface area contributed by atoms with E-state index in [9.17, 15) is 9.59 Å². The number of ether oxygens (including phenoxy) is 1. The standard InChI is InChI=1S/C6H10O6/c7-3-4-11-5(8)1-2-6(9)12-10/h7,10H,1-4H2. The summed E-state index contributed by atoms with van der Waals surface area (Å²) in [4.78, 5) is 24.2. The van der Waals surface area contributed by atoms with Crippen molar-refractivity contribution < 1.29 is 29.6 Å². The van der Waals surface area contributed by atoms with Crippen LogP contribution in [0.2, 0.25) is 0 Å². The molecule has 6 nitrogen and oxygen atoms in total. The Hall–Kier alpha value is -1.14. The Bertz CT molecular complexity index is 154. The van der Waals surface area contributed by atoms with E-state index in [4.69, 9.17) is 10.4 Å². The fourth-order valence-electron chi connectivity index (χ4n) is 0.481. The summed E-state index contributed by atoms with van der Waals surface area (Å²) < 4.78 is 4.41. The Morgan fingerprint density at radius 1 is 1.17 bits per heavy atom. The van der Waals surface area contributed by atoms with Gasteiger partial charge in [-0.3, -0.25) is 4.79 Å². The molecule has 0 aliphatic heterocycles. The molecule has 0 rings (SSSR count). The second-order valence-corrected chi connectivity index (χ2v) is 1.91. The van der Waals surface area contributed by atoms with Crippen molar-refractivity contribution in [2.45, 2.75) is 12.8 Å². The van der Waals surface area contributed by atoms with E-state index in [0.717, 1.165) is 0 Å². The summed E-state index contributed by atoms with van der Waals surface area (Å²) in [6, 6.07) is 0. The lowest BCUT2D eigenvalue weighted by molar-refractivity contribution is -0.234. The molecular weight excluding hydrogens is 168 g/mol. The molecule has 0 aromatic carbocycles. The average molecular weight is 178 g/mol. The van der Waals surface area contributed by atoms with Crippen LogP contribution in [0.5, 0.6) is 0 Å². The van der Waals surface area contributed by atoms with Gasteiger partial charge < -0.3 is 14.7 Å². The fraction of sp³-hybridized carbons (Fsp3) is 0.667. The zero-order valence-electron chi connectivity index (χ0n) is 6.36. The van der Waals surface area contributed by atoms with Crippen molar-refractivity contribution >= 4 is 11.9 Å². The number of hydrogen-bond donors (Lipinski definition) is 2. The van der Waals surface area contributed by atoms with E-state index in [1.54, 1.807) is 0 Å². The highest BCUT2D eigenvalue weighted by atomic mass is 17.1. The van der Waals surface area contributed by atoms with Crippen molar-refractivity contribution in [3.05, 3.63) is 0 Å². The third kappa shape index (κ3) is 5.63. The van der Waals surface area contributed by atoms with Gasteiger partial charge in [0.15, 0.2) is 0 Å². The van der Waals surface area contributed by atoms with Gasteiger partial charge in [0.2, 0.25) is 0 Å². The maximum absolute atomic E-state index is 10.6. The lowest BCUT2D eigenvalue weighted by atomic mass is 10.3. The molecule has 2 N–H and O–H groups in total. The first-order valence-corrected chi connectivity index (χ1v) is 3.31. The Balaban J connectivity index is 3.37. The highest BCUT2D eigenvalue weighted by molar-refractivity contribution is 5.77. The first kappa shape index (κ1) is 10.9. The van der Waals surface area contributed by atoms with Gasteiger partial charge in [0.05, 0.1) is 19.4 Å². The number of carbonyl (C=O) groups excluding carboxylic acids is 2. The highest BCUT2D eigenvalue weighted by Gasteiger charge is 2.07. The van der Waals surface area contributed by atoms with Crippen LogP contribution in [-0.4, -0.2) is 35.5 Å². The molecule has 0 unspecified atom stereocenters. The molecule has 0 aromatic heterocycles. The molecule has 0 aliphatic carbocycles. The van der Waals surface area contributed by atoms with E-state index in [1.807, 2.05) is 0 Å². The first-order valence-electron chi connectivity index (χ1n) is 3.31. The molecule has 70 valence electrons. The van der Waals surface area contributed by atoms with E-state index in [0.29, 0.717) is 0 Å². The van der Waals surface area contributed by atoms with Crippen LogP contribution < -0.4 is 0 Å². The molecule has 0 radical (unpaired) electrons. The monoisotopic (exact) mass is 178 g/mol. The maximum atomic E-state index is 10.6. The number of aliphatic hydroxyl groups is 1. The van der Waals surface area contributed by atoms with Crippen molar-refractivity contribution in [3.8, 4) is 0 Å². The topological polar surface area (TPSA) is 93.1 Å². The molecule has 0 saturated carbocycles. The second kappa shape index (κ2) is 6.56. The molecule has 0 amide bonds. The summed E-state index contributed by atoms with van der Waals surface area (Å²) in [6.07, 6.45) is -0.403. The minimum atomic E-state index is -0.893. The molecule has 12 heavy (non-hydrogen) atoms. The van der Waals surface area contributed by atoms with Gasteiger partial charge in [-0.05, 0) is 0 Å². The van der Waals surface area contributed by atoms with Crippen LogP contribution in [0.3, 0.4) is 0 Å². The molecule has 0 heterocycles. The predicted octanol–water partition coefficient (Wildman–Crippen LogP) is -0.682. The summed E-state index contributed by atoms with van der Waals surface area (Å²) in [5.74, 6) is -1.51. The molecule has 0 saturated heterocycles. The van der Waals surface area contributed by atoms with Gasteiger partial charge in [-0.2, -0.15) is 5.26 Å². The largest absolute Gasteiger partial charge is 0.463 e. The van der Waals surface area contributed by atoms with Crippen LogP contribution in [0.15, 0.2) is 0 Å². The van der Waals surface area contributed by atoms with Gasteiger partial charge in [0.1, 0.15) is 6.61 Å². The summed E-state index contributed by atoms with van der Waals surface area (Å²) in [5.41, 5.74) is 0. The predicted molar refractivity (Wildman–Crippen MR) is 36.0 cm³/mol. The van der Waals surface area contributed by atoms with Crippen LogP contribution in [0.4, 0.5) is 0 Å². The normalized spacial score (nSPS) is 9.17. The summed E-state index contributed by atoms with van der Waals surface area (Å²) in [7, 11) is 0. The van der Waals surface area contributed by atoms with Crippen LogP contribution in [0.25, 0.3) is 0 Å². The zero-order chi connectivity index (χ0) is 9.40. The fourth-order valence-corrected chi connectivity index (χ4v) is 0.481. The zero-order valence-corrected chi connectivity index (χ0v) is 6.36. The highest BCUT2D eigenvalue weighted by Crippen LogP contribution is 1.94. The van der Waals surface area contributed by atoms with Crippen molar-refractivity contribution in [3.63, 3.8) is 0 Å². The Morgan fingerprint density at radius 2 is 1.75 bits per heavy atom. The van der Waals surface area contributed by atoms with E-state index < -0.39 is 11.9 Å². The minimum Gasteiger partial charge on any atom is -0.463 e. The SMILES string of the molecule is O=C(CCC(=O)OCCO)OO. The molecule has 0 aliphatic rings. The van der Waals surface area contributed by atoms with Gasteiger partial charge in [-0.15, -0.1) is 0 Å². The maximum Gasteiger partial charge on any atom is 0.342 e. The minimum absolute atomic E-state index is 0.0903. The number of hydrogen-bond acceptors (Lipinski definition) is 6. The van der Waals surface area contributed by atoms with Gasteiger partial charge >= 0.3 is 11.9 Å². The second-order valence-electron chi connectivity index (χ2n) is 1.91. The lowest BCUT2D eigenvalue weighted by Crippen LogP contribution is -2.11. The van der Waals surface area contributed by atoms with Crippen LogP contribution in [0.1, 0.15) is 12.8 Å². The third-order valence-electron chi connectivity index (χ3n) is 0.989. The van der Waals surface area contributed by atoms with Crippen LogP contribution >= 0.6 is 0 Å². The lowest BCUT2D eigenvalue weighted by Gasteiger charge is -2.00. The Morgan fingerprint density at radius 3 is 2.25 bits per heavy atom. The van der Waals surface area contributed by atoms with Crippen molar-refractivity contribution in [1.82, 2.24) is 0 Å². The Labute approximate surface area is 68.6 Å². The van der Waals surface area contributed by atoms with Crippen molar-refractivity contribution in [1.29, 1.82) is 0 Å². The molecule has 0 bridgehead atoms. The third-order valence-corrected chi connectivity index (χ3v) is 0.989. The quantitative estimate of drug-likeness (QED) is 0.329. The van der Waals surface area contributed by atoms with Gasteiger partial charge in [0, 0.05) is 0 Å². The van der Waals surface area contributed by atoms with E-state index >= 15 is 0 Å². The molecule has 0 aromatic rings. The molecule has 0 fully saturated rings. The Kier molecular flexibility index (Phi) is 5.94. The van der Waals surface area contributed by atoms with Gasteiger partial charge in [-0.25, -0.2) is 4.79 Å². The van der Waals surface area contributed by atoms with Crippen molar-refractivity contribution in [2.75, 3.05) is 13.2 Å². The summed E-state index contributed by atoms with van der Waals surface area (Å²) in [5, 5.41) is 16.0. The van der Waals surface area contributed by atoms with E-state index in [2.05, 4.69) is 9.62 Å². The molecule has 0 spiro atoms. The van der Waals surface area contributed by atoms with E-state index in [1.165, 1.54) is 0 Å². The summed E-state index contributed by atoms with van der Waals surface area (Å²) >= 11 is 0. The number of carbonyl (C=O) groups is 2. The number of aliphatic hydroxyl groups excluding tert-OH is 1. The van der Waals surface area contributed by atoms with Crippen molar-refractivity contribution in [2.24, 2.45) is 0 Å².